The first-order chi connectivity index (χ1) is 14.0. The van der Waals surface area contributed by atoms with E-state index in [0.717, 1.165) is 49.6 Å². The van der Waals surface area contributed by atoms with E-state index in [1.165, 1.54) is 0 Å². The lowest BCUT2D eigenvalue weighted by Crippen LogP contribution is -2.54. The van der Waals surface area contributed by atoms with Crippen LogP contribution < -0.4 is 5.32 Å². The molecule has 0 radical (unpaired) electrons. The van der Waals surface area contributed by atoms with Gasteiger partial charge in [0.2, 0.25) is 11.8 Å². The molecule has 0 aromatic heterocycles. The summed E-state index contributed by atoms with van der Waals surface area (Å²) in [6.07, 6.45) is 1.43. The molecule has 29 heavy (non-hydrogen) atoms. The highest BCUT2D eigenvalue weighted by atomic mass is 16.2. The number of piperidine rings is 1. The van der Waals surface area contributed by atoms with Crippen LogP contribution in [0.2, 0.25) is 0 Å². The van der Waals surface area contributed by atoms with Crippen LogP contribution in [0.15, 0.2) is 18.2 Å². The fourth-order valence-electron chi connectivity index (χ4n) is 4.44. The number of rotatable bonds is 5. The quantitative estimate of drug-likeness (QED) is 0.732. The minimum absolute atomic E-state index is 0.124. The number of benzene rings is 1. The van der Waals surface area contributed by atoms with Crippen LogP contribution in [-0.4, -0.2) is 77.1 Å². The lowest BCUT2D eigenvalue weighted by atomic mass is 10.0. The maximum atomic E-state index is 13.1. The smallest absolute Gasteiger partial charge is 0.262 e. The van der Waals surface area contributed by atoms with E-state index in [2.05, 4.69) is 22.0 Å². The van der Waals surface area contributed by atoms with Crippen LogP contribution in [0.1, 0.15) is 52.5 Å². The van der Waals surface area contributed by atoms with Gasteiger partial charge in [0.25, 0.3) is 11.8 Å². The second kappa shape index (κ2) is 8.04. The third kappa shape index (κ3) is 3.70. The Morgan fingerprint density at radius 1 is 1.00 bits per heavy atom. The summed E-state index contributed by atoms with van der Waals surface area (Å²) in [5.41, 5.74) is 1.57. The van der Waals surface area contributed by atoms with Crippen LogP contribution in [0.3, 0.4) is 0 Å². The molecule has 8 nitrogen and oxygen atoms in total. The molecule has 2 fully saturated rings. The Morgan fingerprint density at radius 2 is 1.72 bits per heavy atom. The zero-order valence-corrected chi connectivity index (χ0v) is 16.6. The number of hydrogen-bond donors (Lipinski definition) is 1. The first-order valence-corrected chi connectivity index (χ1v) is 10.3. The third-order valence-corrected chi connectivity index (χ3v) is 5.95. The third-order valence-electron chi connectivity index (χ3n) is 5.95. The average molecular weight is 398 g/mol. The number of nitrogens with zero attached hydrogens (tertiary/aromatic N) is 3. The van der Waals surface area contributed by atoms with Crippen molar-refractivity contribution in [1.82, 2.24) is 20.0 Å². The Balaban J connectivity index is 1.52. The Bertz CT molecular complexity index is 860. The molecule has 4 amide bonds. The number of carbonyl (C=O) groups is 4. The van der Waals surface area contributed by atoms with Gasteiger partial charge in [0.1, 0.15) is 6.04 Å². The summed E-state index contributed by atoms with van der Waals surface area (Å²) in [6, 6.07) is 4.40. The summed E-state index contributed by atoms with van der Waals surface area (Å²) in [6.45, 7) is 7.71. The van der Waals surface area contributed by atoms with E-state index >= 15 is 0 Å². The van der Waals surface area contributed by atoms with E-state index in [1.807, 2.05) is 6.07 Å². The minimum atomic E-state index is -0.925. The highest BCUT2D eigenvalue weighted by molar-refractivity contribution is 6.24. The Hall–Kier alpha value is -2.58. The van der Waals surface area contributed by atoms with E-state index in [4.69, 9.17) is 0 Å². The molecule has 1 N–H and O–H groups in total. The molecular formula is C21H26N4O4. The van der Waals surface area contributed by atoms with Crippen molar-refractivity contribution >= 4 is 23.6 Å². The maximum absolute atomic E-state index is 13.1. The summed E-state index contributed by atoms with van der Waals surface area (Å²) in [4.78, 5) is 55.5. The molecule has 8 heteroatoms. The van der Waals surface area contributed by atoms with Gasteiger partial charge in [0.05, 0.1) is 11.1 Å². The topological polar surface area (TPSA) is 90.0 Å². The average Bonchev–Trinajstić information content (AvgIpc) is 2.95. The minimum Gasteiger partial charge on any atom is -0.301 e. The van der Waals surface area contributed by atoms with Crippen molar-refractivity contribution < 1.29 is 19.2 Å². The van der Waals surface area contributed by atoms with E-state index in [1.54, 1.807) is 12.1 Å². The molecule has 4 rings (SSSR count). The lowest BCUT2D eigenvalue weighted by Gasteiger charge is -2.34. The second-order valence-electron chi connectivity index (χ2n) is 7.90. The second-order valence-corrected chi connectivity index (χ2v) is 7.90. The number of imide groups is 2. The highest BCUT2D eigenvalue weighted by Gasteiger charge is 2.45. The Kier molecular flexibility index (Phi) is 5.47. The molecule has 0 bridgehead atoms. The van der Waals surface area contributed by atoms with Crippen molar-refractivity contribution in [2.24, 2.45) is 0 Å². The molecule has 3 aliphatic rings. The number of piperazine rings is 1. The number of amides is 4. The number of nitrogens with one attached hydrogen (secondary N) is 1. The highest BCUT2D eigenvalue weighted by Crippen LogP contribution is 2.30. The van der Waals surface area contributed by atoms with Gasteiger partial charge < -0.3 is 4.90 Å². The van der Waals surface area contributed by atoms with Gasteiger partial charge in [-0.25, -0.2) is 0 Å². The number of carbonyl (C=O) groups excluding carboxylic acids is 4. The van der Waals surface area contributed by atoms with E-state index in [-0.39, 0.29) is 18.7 Å². The van der Waals surface area contributed by atoms with Gasteiger partial charge in [0, 0.05) is 39.1 Å². The van der Waals surface area contributed by atoms with Gasteiger partial charge in [0.15, 0.2) is 0 Å². The largest absolute Gasteiger partial charge is 0.301 e. The van der Waals surface area contributed by atoms with Gasteiger partial charge in [-0.2, -0.15) is 0 Å². The molecule has 0 spiro atoms. The van der Waals surface area contributed by atoms with Gasteiger partial charge in [-0.3, -0.25) is 34.3 Å². The Morgan fingerprint density at radius 3 is 2.41 bits per heavy atom. The summed E-state index contributed by atoms with van der Waals surface area (Å²) in [5.74, 6) is -1.83. The standard InChI is InChI=1S/C21H26N4O4/c1-2-8-23-9-11-24(12-10-23)13-14-4-3-5-15-18(14)21(29)25(20(15)28)16-6-7-17(26)22-19(16)27/h3-5,16H,2,6-13H2,1H3,(H,22,26,27). The van der Waals surface area contributed by atoms with Gasteiger partial charge in [-0.1, -0.05) is 19.1 Å². The molecule has 2 saturated heterocycles. The van der Waals surface area contributed by atoms with Crippen LogP contribution in [0.25, 0.3) is 0 Å². The molecule has 1 atom stereocenters. The summed E-state index contributed by atoms with van der Waals surface area (Å²) >= 11 is 0. The van der Waals surface area contributed by atoms with E-state index < -0.39 is 23.8 Å². The van der Waals surface area contributed by atoms with E-state index in [0.29, 0.717) is 17.7 Å². The zero-order chi connectivity index (χ0) is 20.5. The van der Waals surface area contributed by atoms with Gasteiger partial charge >= 0.3 is 0 Å². The summed E-state index contributed by atoms with van der Waals surface area (Å²) in [5, 5.41) is 2.23. The zero-order valence-electron chi connectivity index (χ0n) is 16.6. The number of hydrogen-bond acceptors (Lipinski definition) is 6. The normalized spacial score (nSPS) is 23.5. The van der Waals surface area contributed by atoms with Crippen molar-refractivity contribution in [2.75, 3.05) is 32.7 Å². The van der Waals surface area contributed by atoms with Crippen LogP contribution in [0.4, 0.5) is 0 Å². The van der Waals surface area contributed by atoms with Crippen LogP contribution in [0, 0.1) is 0 Å². The predicted molar refractivity (Wildman–Crippen MR) is 105 cm³/mol. The maximum Gasteiger partial charge on any atom is 0.262 e. The van der Waals surface area contributed by atoms with Crippen molar-refractivity contribution in [3.8, 4) is 0 Å². The molecule has 3 heterocycles. The van der Waals surface area contributed by atoms with Crippen LogP contribution in [0.5, 0.6) is 0 Å². The summed E-state index contributed by atoms with van der Waals surface area (Å²) < 4.78 is 0. The fourth-order valence-corrected chi connectivity index (χ4v) is 4.44. The molecule has 3 aliphatic heterocycles. The molecule has 0 saturated carbocycles. The van der Waals surface area contributed by atoms with Gasteiger partial charge in [-0.15, -0.1) is 0 Å². The molecule has 154 valence electrons. The monoisotopic (exact) mass is 398 g/mol. The van der Waals surface area contributed by atoms with Crippen LogP contribution >= 0.6 is 0 Å². The predicted octanol–water partition coefficient (Wildman–Crippen LogP) is 0.615. The summed E-state index contributed by atoms with van der Waals surface area (Å²) in [7, 11) is 0. The first kappa shape index (κ1) is 19.7. The molecule has 1 aromatic carbocycles. The van der Waals surface area contributed by atoms with Crippen LogP contribution in [-0.2, 0) is 16.1 Å². The first-order valence-electron chi connectivity index (χ1n) is 10.3. The van der Waals surface area contributed by atoms with Gasteiger partial charge in [-0.05, 0) is 31.0 Å². The number of fused-ring (bicyclic) bond motifs is 1. The van der Waals surface area contributed by atoms with Crippen molar-refractivity contribution in [3.05, 3.63) is 34.9 Å². The van der Waals surface area contributed by atoms with Crippen molar-refractivity contribution in [1.29, 1.82) is 0 Å². The van der Waals surface area contributed by atoms with Crippen molar-refractivity contribution in [3.63, 3.8) is 0 Å². The molecule has 1 aromatic rings. The molecule has 1 unspecified atom stereocenters. The van der Waals surface area contributed by atoms with E-state index in [9.17, 15) is 19.2 Å². The fraction of sp³-hybridized carbons (Fsp3) is 0.524. The molecular weight excluding hydrogens is 372 g/mol. The molecule has 0 aliphatic carbocycles. The van der Waals surface area contributed by atoms with Crippen molar-refractivity contribution in [2.45, 2.75) is 38.8 Å². The Labute approximate surface area is 169 Å². The SMILES string of the molecule is CCCN1CCN(Cc2cccc3c2C(=O)N(C2CCC(=O)NC2=O)C3=O)CC1. The lowest BCUT2D eigenvalue weighted by molar-refractivity contribution is -0.136.